The Hall–Kier alpha value is -2.20. The predicted molar refractivity (Wildman–Crippen MR) is 133 cm³/mol. The minimum atomic E-state index is -1.94. The molecule has 2 fully saturated rings. The standard InChI is InChI=1S/C24H28ClF2N5O2S/c1-6-35-21-29-17-15-13(28-19(25)16(17)26)8-7-12(2)18-14-9-10-24(27,11-31(18)20(15)30-21)32(14)22(33)34-23(3,4)5/h7-8,12,14,18H,6,9-11H2,1-5H3/b8-7-/t12-,14-,18-,24+/m0/s1. The van der Waals surface area contributed by atoms with Crippen LogP contribution in [0.3, 0.4) is 0 Å². The van der Waals surface area contributed by atoms with Gasteiger partial charge in [-0.15, -0.1) is 0 Å². The Labute approximate surface area is 212 Å². The molecule has 2 aromatic heterocycles. The number of hydrogen-bond donors (Lipinski definition) is 0. The molecule has 0 spiro atoms. The van der Waals surface area contributed by atoms with Gasteiger partial charge in [-0.05, 0) is 44.9 Å². The van der Waals surface area contributed by atoms with Crippen molar-refractivity contribution in [2.45, 2.75) is 76.1 Å². The highest BCUT2D eigenvalue weighted by molar-refractivity contribution is 7.99. The van der Waals surface area contributed by atoms with Crippen molar-refractivity contribution >= 4 is 52.3 Å². The number of rotatable bonds is 2. The number of carbonyl (C=O) groups excluding carboxylic acids is 1. The summed E-state index contributed by atoms with van der Waals surface area (Å²) in [6, 6.07) is -0.739. The fraction of sp³-hybridized carbons (Fsp3) is 0.583. The van der Waals surface area contributed by atoms with E-state index in [1.54, 1.807) is 26.8 Å². The second-order valence-electron chi connectivity index (χ2n) is 10.3. The number of pyridine rings is 1. The van der Waals surface area contributed by atoms with E-state index >= 15 is 8.78 Å². The molecule has 35 heavy (non-hydrogen) atoms. The Balaban J connectivity index is 1.70. The molecule has 0 aliphatic carbocycles. The lowest BCUT2D eigenvalue weighted by atomic mass is 9.88. The Kier molecular flexibility index (Phi) is 5.90. The zero-order valence-corrected chi connectivity index (χ0v) is 21.9. The van der Waals surface area contributed by atoms with E-state index in [1.807, 2.05) is 24.8 Å². The Morgan fingerprint density at radius 1 is 1.34 bits per heavy atom. The number of halogens is 3. The van der Waals surface area contributed by atoms with Gasteiger partial charge in [0.25, 0.3) is 0 Å². The van der Waals surface area contributed by atoms with Crippen molar-refractivity contribution in [1.29, 1.82) is 0 Å². The van der Waals surface area contributed by atoms with E-state index in [0.717, 1.165) is 0 Å². The summed E-state index contributed by atoms with van der Waals surface area (Å²) in [7, 11) is 0. The number of aromatic nitrogens is 3. The molecule has 5 rings (SSSR count). The zero-order valence-electron chi connectivity index (χ0n) is 20.3. The topological polar surface area (TPSA) is 71.5 Å². The quantitative estimate of drug-likeness (QED) is 0.212. The summed E-state index contributed by atoms with van der Waals surface area (Å²) in [6.07, 6.45) is 3.75. The van der Waals surface area contributed by atoms with Crippen LogP contribution in [0.25, 0.3) is 17.0 Å². The van der Waals surface area contributed by atoms with Gasteiger partial charge in [-0.25, -0.2) is 28.5 Å². The third kappa shape index (κ3) is 4.02. The Morgan fingerprint density at radius 2 is 2.09 bits per heavy atom. The summed E-state index contributed by atoms with van der Waals surface area (Å²) in [6.45, 7) is 9.15. The molecule has 0 saturated carbocycles. The zero-order chi connectivity index (χ0) is 25.3. The maximum atomic E-state index is 16.5. The van der Waals surface area contributed by atoms with Crippen molar-refractivity contribution in [3.63, 3.8) is 0 Å². The smallest absolute Gasteiger partial charge is 0.413 e. The van der Waals surface area contributed by atoms with Gasteiger partial charge in [0.05, 0.1) is 29.7 Å². The van der Waals surface area contributed by atoms with Gasteiger partial charge in [0.15, 0.2) is 16.1 Å². The number of carbonyl (C=O) groups is 1. The molecule has 3 aliphatic heterocycles. The number of hydrogen-bond acceptors (Lipinski definition) is 7. The molecule has 7 nitrogen and oxygen atoms in total. The molecule has 2 bridgehead atoms. The van der Waals surface area contributed by atoms with Gasteiger partial charge in [0.2, 0.25) is 5.79 Å². The summed E-state index contributed by atoms with van der Waals surface area (Å²) in [5.41, 5.74) is -0.244. The molecule has 3 aliphatic rings. The van der Waals surface area contributed by atoms with E-state index in [-0.39, 0.29) is 35.6 Å². The third-order valence-electron chi connectivity index (χ3n) is 6.72. The number of alkyl halides is 1. The Bertz CT molecular complexity index is 1240. The van der Waals surface area contributed by atoms with Crippen LogP contribution in [-0.2, 0) is 4.74 Å². The van der Waals surface area contributed by atoms with Crippen LogP contribution in [0.1, 0.15) is 53.2 Å². The van der Waals surface area contributed by atoms with E-state index in [2.05, 4.69) is 9.97 Å². The van der Waals surface area contributed by atoms with Crippen LogP contribution >= 0.6 is 23.4 Å². The third-order valence-corrected chi connectivity index (χ3v) is 7.70. The van der Waals surface area contributed by atoms with E-state index in [9.17, 15) is 4.79 Å². The van der Waals surface area contributed by atoms with E-state index in [0.29, 0.717) is 34.2 Å². The second kappa shape index (κ2) is 8.44. The number of anilines is 1. The average Bonchev–Trinajstić information content (AvgIpc) is 3.01. The first kappa shape index (κ1) is 24.5. The SMILES string of the molecule is CCSc1nc2c3c(nc(Cl)c(F)c3n1)/C=C\[C@H](C)[C@H]1[C@@H]3CC[C@](F)(CN21)N3C(=O)OC(C)(C)C. The summed E-state index contributed by atoms with van der Waals surface area (Å²) in [5, 5.41) is 0.512. The predicted octanol–water partition coefficient (Wildman–Crippen LogP) is 5.85. The first-order valence-corrected chi connectivity index (χ1v) is 13.2. The molecule has 4 atom stereocenters. The van der Waals surface area contributed by atoms with Crippen molar-refractivity contribution in [3.8, 4) is 0 Å². The number of nitrogens with zero attached hydrogens (tertiary/aromatic N) is 5. The number of amides is 1. The monoisotopic (exact) mass is 523 g/mol. The van der Waals surface area contributed by atoms with Crippen LogP contribution in [0.15, 0.2) is 11.2 Å². The van der Waals surface area contributed by atoms with E-state index in [1.165, 1.54) is 16.7 Å². The van der Waals surface area contributed by atoms with Gasteiger partial charge in [-0.3, -0.25) is 4.90 Å². The van der Waals surface area contributed by atoms with Crippen LogP contribution in [0.4, 0.5) is 19.4 Å². The first-order chi connectivity index (χ1) is 16.4. The molecule has 0 N–H and O–H groups in total. The fourth-order valence-corrected chi connectivity index (χ4v) is 6.19. The number of fused-ring (bicyclic) bond motifs is 5. The number of piperazine rings is 1. The summed E-state index contributed by atoms with van der Waals surface area (Å²) in [5.74, 6) is -1.67. The van der Waals surface area contributed by atoms with Crippen molar-refractivity contribution < 1.29 is 18.3 Å². The van der Waals surface area contributed by atoms with E-state index < -0.39 is 29.3 Å². The molecule has 0 radical (unpaired) electrons. The van der Waals surface area contributed by atoms with Gasteiger partial charge in [0.1, 0.15) is 16.9 Å². The number of ether oxygens (including phenoxy) is 1. The first-order valence-electron chi connectivity index (χ1n) is 11.8. The summed E-state index contributed by atoms with van der Waals surface area (Å²) < 4.78 is 37.3. The van der Waals surface area contributed by atoms with Crippen LogP contribution in [-0.4, -0.2) is 61.7 Å². The van der Waals surface area contributed by atoms with Crippen LogP contribution in [0.2, 0.25) is 5.15 Å². The van der Waals surface area contributed by atoms with Gasteiger partial charge >= 0.3 is 6.09 Å². The fourth-order valence-electron chi connectivity index (χ4n) is 5.44. The van der Waals surface area contributed by atoms with Gasteiger partial charge in [0, 0.05) is 6.42 Å². The summed E-state index contributed by atoms with van der Waals surface area (Å²) >= 11 is 7.48. The van der Waals surface area contributed by atoms with Gasteiger partial charge in [-0.1, -0.05) is 43.3 Å². The molecule has 1 amide bonds. The lowest BCUT2D eigenvalue weighted by Crippen LogP contribution is -2.67. The van der Waals surface area contributed by atoms with Gasteiger partial charge in [-0.2, -0.15) is 0 Å². The molecule has 11 heteroatoms. The minimum absolute atomic E-state index is 0.0636. The minimum Gasteiger partial charge on any atom is -0.444 e. The molecule has 0 aromatic carbocycles. The lowest BCUT2D eigenvalue weighted by molar-refractivity contribution is -0.0600. The van der Waals surface area contributed by atoms with Crippen molar-refractivity contribution in [1.82, 2.24) is 19.9 Å². The molecule has 0 unspecified atom stereocenters. The maximum absolute atomic E-state index is 16.5. The number of thioether (sulfide) groups is 1. The van der Waals surface area contributed by atoms with Crippen molar-refractivity contribution in [2.75, 3.05) is 17.2 Å². The normalized spacial score (nSPS) is 28.5. The lowest BCUT2D eigenvalue weighted by Gasteiger charge is -2.51. The Morgan fingerprint density at radius 3 is 2.77 bits per heavy atom. The van der Waals surface area contributed by atoms with Gasteiger partial charge < -0.3 is 9.64 Å². The van der Waals surface area contributed by atoms with Crippen LogP contribution in [0.5, 0.6) is 0 Å². The van der Waals surface area contributed by atoms with Crippen LogP contribution in [0, 0.1) is 11.7 Å². The maximum Gasteiger partial charge on any atom is 0.413 e. The molecule has 2 saturated heterocycles. The molecular formula is C24H28ClF2N5O2S. The highest BCUT2D eigenvalue weighted by Crippen LogP contribution is 2.49. The summed E-state index contributed by atoms with van der Waals surface area (Å²) in [4.78, 5) is 29.8. The molecule has 188 valence electrons. The molecular weight excluding hydrogens is 496 g/mol. The average molecular weight is 524 g/mol. The highest BCUT2D eigenvalue weighted by atomic mass is 35.5. The molecule has 2 aromatic rings. The van der Waals surface area contributed by atoms with E-state index in [4.69, 9.17) is 21.3 Å². The van der Waals surface area contributed by atoms with Crippen molar-refractivity contribution in [2.24, 2.45) is 5.92 Å². The molecule has 5 heterocycles. The highest BCUT2D eigenvalue weighted by Gasteiger charge is 2.60. The van der Waals surface area contributed by atoms with Crippen molar-refractivity contribution in [3.05, 3.63) is 22.7 Å². The van der Waals surface area contributed by atoms with Crippen LogP contribution < -0.4 is 4.90 Å². The second-order valence-corrected chi connectivity index (χ2v) is 11.9. The largest absolute Gasteiger partial charge is 0.444 e.